The van der Waals surface area contributed by atoms with Gasteiger partial charge >= 0.3 is 0 Å². The Balaban J connectivity index is 1.76. The molecule has 2 aliphatic heterocycles. The molecule has 1 N–H and O–H groups in total. The minimum absolute atomic E-state index is 0.122. The summed E-state index contributed by atoms with van der Waals surface area (Å²) < 4.78 is 6.10. The highest BCUT2D eigenvalue weighted by Gasteiger charge is 2.42. The first kappa shape index (κ1) is 13.3. The molecule has 3 heterocycles. The van der Waals surface area contributed by atoms with Crippen LogP contribution in [0.3, 0.4) is 0 Å². The van der Waals surface area contributed by atoms with Gasteiger partial charge in [-0.3, -0.25) is 0 Å². The topological polar surface area (TPSA) is 47.0 Å². The van der Waals surface area contributed by atoms with E-state index >= 15 is 0 Å². The van der Waals surface area contributed by atoms with Crippen molar-refractivity contribution in [3.8, 4) is 0 Å². The largest absolute Gasteiger partial charge is 0.374 e. The standard InChI is InChI=1S/C14H21N3OS/c1-15-12(13-16-5-2-6-17-13)11-3-7-18-14(9-11)4-8-19-10-14/h2,5-6,11-12,15H,3-4,7-10H2,1H3. The summed E-state index contributed by atoms with van der Waals surface area (Å²) in [6.45, 7) is 0.871. The van der Waals surface area contributed by atoms with Gasteiger partial charge in [0.2, 0.25) is 0 Å². The molecule has 3 atom stereocenters. The summed E-state index contributed by atoms with van der Waals surface area (Å²) in [7, 11) is 2.01. The average molecular weight is 279 g/mol. The fourth-order valence-corrected chi connectivity index (χ4v) is 4.64. The number of hydrogen-bond acceptors (Lipinski definition) is 5. The Morgan fingerprint density at radius 2 is 2.32 bits per heavy atom. The molecule has 0 radical (unpaired) electrons. The third-order valence-corrected chi connectivity index (χ3v) is 5.47. The highest BCUT2D eigenvalue weighted by Crippen LogP contribution is 2.43. The van der Waals surface area contributed by atoms with Crippen molar-refractivity contribution in [1.29, 1.82) is 0 Å². The van der Waals surface area contributed by atoms with Crippen LogP contribution in [0.15, 0.2) is 18.5 Å². The zero-order chi connectivity index (χ0) is 13.1. The van der Waals surface area contributed by atoms with Gasteiger partial charge in [-0.2, -0.15) is 11.8 Å². The Labute approximate surface area is 118 Å². The lowest BCUT2D eigenvalue weighted by Gasteiger charge is -2.40. The smallest absolute Gasteiger partial charge is 0.145 e. The molecule has 104 valence electrons. The molecular weight excluding hydrogens is 258 g/mol. The highest BCUT2D eigenvalue weighted by molar-refractivity contribution is 7.99. The maximum Gasteiger partial charge on any atom is 0.145 e. The molecule has 2 aliphatic rings. The number of thioether (sulfide) groups is 1. The van der Waals surface area contributed by atoms with Crippen molar-refractivity contribution in [2.75, 3.05) is 25.2 Å². The maximum absolute atomic E-state index is 6.10. The van der Waals surface area contributed by atoms with Crippen LogP contribution in [-0.2, 0) is 4.74 Å². The lowest BCUT2D eigenvalue weighted by molar-refractivity contribution is -0.0855. The van der Waals surface area contributed by atoms with Crippen molar-refractivity contribution >= 4 is 11.8 Å². The van der Waals surface area contributed by atoms with E-state index in [4.69, 9.17) is 4.74 Å². The van der Waals surface area contributed by atoms with E-state index in [0.717, 1.165) is 31.0 Å². The van der Waals surface area contributed by atoms with Gasteiger partial charge in [-0.05, 0) is 44.0 Å². The quantitative estimate of drug-likeness (QED) is 0.917. The molecule has 0 bridgehead atoms. The molecule has 4 nitrogen and oxygen atoms in total. The van der Waals surface area contributed by atoms with Crippen LogP contribution in [0.1, 0.15) is 31.1 Å². The minimum atomic E-state index is 0.122. The van der Waals surface area contributed by atoms with Crippen molar-refractivity contribution in [1.82, 2.24) is 15.3 Å². The predicted octanol–water partition coefficient (Wildman–Crippen LogP) is 2.04. The molecule has 1 aromatic heterocycles. The molecule has 0 saturated carbocycles. The maximum atomic E-state index is 6.10. The van der Waals surface area contributed by atoms with Crippen LogP contribution in [0.2, 0.25) is 0 Å². The molecule has 1 aromatic rings. The van der Waals surface area contributed by atoms with Gasteiger partial charge in [-0.15, -0.1) is 0 Å². The molecule has 3 unspecified atom stereocenters. The summed E-state index contributed by atoms with van der Waals surface area (Å²) in [4.78, 5) is 8.84. The molecule has 3 rings (SSSR count). The number of rotatable bonds is 3. The zero-order valence-corrected chi connectivity index (χ0v) is 12.2. The third kappa shape index (κ3) is 2.78. The molecule has 5 heteroatoms. The van der Waals surface area contributed by atoms with Crippen LogP contribution < -0.4 is 5.32 Å². The van der Waals surface area contributed by atoms with Crippen molar-refractivity contribution in [2.24, 2.45) is 5.92 Å². The lowest BCUT2D eigenvalue weighted by Crippen LogP contribution is -2.43. The van der Waals surface area contributed by atoms with Crippen molar-refractivity contribution in [3.63, 3.8) is 0 Å². The molecular formula is C14H21N3OS. The highest BCUT2D eigenvalue weighted by atomic mass is 32.2. The first-order chi connectivity index (χ1) is 9.33. The second kappa shape index (κ2) is 5.77. The molecule has 19 heavy (non-hydrogen) atoms. The molecule has 2 saturated heterocycles. The Kier molecular flexibility index (Phi) is 4.05. The van der Waals surface area contributed by atoms with Crippen LogP contribution in [-0.4, -0.2) is 40.7 Å². The second-order valence-corrected chi connectivity index (χ2v) is 6.57. The summed E-state index contributed by atoms with van der Waals surface area (Å²) in [6.07, 6.45) is 7.07. The van der Waals surface area contributed by atoms with E-state index < -0.39 is 0 Å². The third-order valence-electron chi connectivity index (χ3n) is 4.24. The Hall–Kier alpha value is -0.650. The van der Waals surface area contributed by atoms with E-state index in [2.05, 4.69) is 15.3 Å². The van der Waals surface area contributed by atoms with Crippen molar-refractivity contribution in [3.05, 3.63) is 24.3 Å². The first-order valence-corrected chi connectivity index (χ1v) is 8.14. The lowest BCUT2D eigenvalue weighted by atomic mass is 9.81. The minimum Gasteiger partial charge on any atom is -0.374 e. The Morgan fingerprint density at radius 1 is 1.47 bits per heavy atom. The van der Waals surface area contributed by atoms with Gasteiger partial charge in [0.05, 0.1) is 11.6 Å². The first-order valence-electron chi connectivity index (χ1n) is 6.99. The van der Waals surface area contributed by atoms with Gasteiger partial charge in [0.1, 0.15) is 5.82 Å². The summed E-state index contributed by atoms with van der Waals surface area (Å²) in [5.74, 6) is 3.87. The SMILES string of the molecule is CNC(c1ncccn1)C1CCOC2(CCSC2)C1. The van der Waals surface area contributed by atoms with Crippen LogP contribution in [0, 0.1) is 5.92 Å². The molecule has 0 aromatic carbocycles. The van der Waals surface area contributed by atoms with Gasteiger partial charge in [-0.25, -0.2) is 9.97 Å². The number of aromatic nitrogens is 2. The van der Waals surface area contributed by atoms with E-state index in [1.54, 1.807) is 0 Å². The number of nitrogens with one attached hydrogen (secondary N) is 1. The van der Waals surface area contributed by atoms with E-state index in [1.165, 1.54) is 12.2 Å². The van der Waals surface area contributed by atoms with Gasteiger partial charge in [0, 0.05) is 24.8 Å². The summed E-state index contributed by atoms with van der Waals surface area (Å²) in [6, 6.07) is 2.11. The number of hydrogen-bond donors (Lipinski definition) is 1. The molecule has 0 aliphatic carbocycles. The predicted molar refractivity (Wildman–Crippen MR) is 77.2 cm³/mol. The van der Waals surface area contributed by atoms with E-state index in [-0.39, 0.29) is 11.6 Å². The number of ether oxygens (including phenoxy) is 1. The van der Waals surface area contributed by atoms with Gasteiger partial charge < -0.3 is 10.1 Å². The summed E-state index contributed by atoms with van der Waals surface area (Å²) in [5, 5.41) is 3.41. The van der Waals surface area contributed by atoms with Gasteiger partial charge in [0.15, 0.2) is 0 Å². The fourth-order valence-electron chi connectivity index (χ4n) is 3.26. The van der Waals surface area contributed by atoms with Crippen molar-refractivity contribution < 1.29 is 4.74 Å². The Bertz CT molecular complexity index is 408. The van der Waals surface area contributed by atoms with Crippen LogP contribution in [0.25, 0.3) is 0 Å². The summed E-state index contributed by atoms with van der Waals surface area (Å²) in [5.41, 5.74) is 0.122. The van der Waals surface area contributed by atoms with E-state index in [9.17, 15) is 0 Å². The Morgan fingerprint density at radius 3 is 3.00 bits per heavy atom. The van der Waals surface area contributed by atoms with Gasteiger partial charge in [-0.1, -0.05) is 0 Å². The van der Waals surface area contributed by atoms with Gasteiger partial charge in [0.25, 0.3) is 0 Å². The molecule has 1 spiro atoms. The zero-order valence-electron chi connectivity index (χ0n) is 11.3. The average Bonchev–Trinajstić information content (AvgIpc) is 2.89. The van der Waals surface area contributed by atoms with E-state index in [1.807, 2.05) is 37.3 Å². The summed E-state index contributed by atoms with van der Waals surface area (Å²) >= 11 is 2.02. The fraction of sp³-hybridized carbons (Fsp3) is 0.714. The van der Waals surface area contributed by atoms with E-state index in [0.29, 0.717) is 5.92 Å². The number of nitrogens with zero attached hydrogens (tertiary/aromatic N) is 2. The van der Waals surface area contributed by atoms with Crippen LogP contribution >= 0.6 is 11.8 Å². The second-order valence-electron chi connectivity index (χ2n) is 5.46. The molecule has 2 fully saturated rings. The monoisotopic (exact) mass is 279 g/mol. The van der Waals surface area contributed by atoms with Crippen LogP contribution in [0.4, 0.5) is 0 Å². The van der Waals surface area contributed by atoms with Crippen LogP contribution in [0.5, 0.6) is 0 Å². The van der Waals surface area contributed by atoms with Crippen molar-refractivity contribution in [2.45, 2.75) is 30.9 Å². The normalized spacial score (nSPS) is 32.6. The molecule has 0 amide bonds.